The largest absolute Gasteiger partial charge is 0.496 e. The quantitative estimate of drug-likeness (QED) is 0.816. The van der Waals surface area contributed by atoms with Gasteiger partial charge in [0.05, 0.1) is 7.11 Å². The third-order valence-corrected chi connectivity index (χ3v) is 3.82. The highest BCUT2D eigenvalue weighted by atomic mass is 16.5. The van der Waals surface area contributed by atoms with E-state index in [0.717, 1.165) is 35.3 Å². The van der Waals surface area contributed by atoms with E-state index < -0.39 is 0 Å². The molecule has 0 aromatic heterocycles. The predicted molar refractivity (Wildman–Crippen MR) is 74.8 cm³/mol. The van der Waals surface area contributed by atoms with E-state index in [9.17, 15) is 4.79 Å². The van der Waals surface area contributed by atoms with E-state index >= 15 is 0 Å². The van der Waals surface area contributed by atoms with Crippen LogP contribution in [-0.2, 0) is 6.42 Å². The molecule has 1 atom stereocenters. The van der Waals surface area contributed by atoms with E-state index in [1.165, 1.54) is 0 Å². The van der Waals surface area contributed by atoms with E-state index in [0.29, 0.717) is 0 Å². The summed E-state index contributed by atoms with van der Waals surface area (Å²) in [5, 5.41) is 0. The van der Waals surface area contributed by atoms with Gasteiger partial charge in [-0.05, 0) is 24.5 Å². The van der Waals surface area contributed by atoms with Crippen molar-refractivity contribution in [2.75, 3.05) is 7.11 Å². The van der Waals surface area contributed by atoms with Gasteiger partial charge in [-0.2, -0.15) is 0 Å². The van der Waals surface area contributed by atoms with Crippen molar-refractivity contribution in [2.24, 2.45) is 0 Å². The van der Waals surface area contributed by atoms with Crippen molar-refractivity contribution in [1.82, 2.24) is 0 Å². The summed E-state index contributed by atoms with van der Waals surface area (Å²) < 4.78 is 5.35. The van der Waals surface area contributed by atoms with Gasteiger partial charge < -0.3 is 4.74 Å². The van der Waals surface area contributed by atoms with Crippen LogP contribution in [0.25, 0.3) is 0 Å². The Balaban J connectivity index is 2.01. The number of rotatable bonds is 2. The molecule has 0 N–H and O–H groups in total. The van der Waals surface area contributed by atoms with Crippen LogP contribution in [0.2, 0.25) is 0 Å². The number of fused-ring (bicyclic) bond motifs is 1. The molecule has 0 radical (unpaired) electrons. The van der Waals surface area contributed by atoms with E-state index in [1.54, 1.807) is 7.11 Å². The zero-order chi connectivity index (χ0) is 13.2. The number of benzene rings is 2. The minimum Gasteiger partial charge on any atom is -0.496 e. The van der Waals surface area contributed by atoms with E-state index in [1.807, 2.05) is 48.5 Å². The molecule has 0 saturated heterocycles. The van der Waals surface area contributed by atoms with Crippen molar-refractivity contribution in [3.8, 4) is 5.75 Å². The Morgan fingerprint density at radius 1 is 1.05 bits per heavy atom. The standard InChI is InChI=1S/C17H16O2/c1-19-16-9-5-8-15-14(16)11-10-13(17(15)18)12-6-3-2-4-7-12/h2-9,13H,10-11H2,1H3/t13-/m1/s1. The zero-order valence-electron chi connectivity index (χ0n) is 10.9. The number of carbonyl (C=O) groups is 1. The van der Waals surface area contributed by atoms with Crippen LogP contribution in [0.5, 0.6) is 5.75 Å². The molecule has 2 aromatic carbocycles. The lowest BCUT2D eigenvalue weighted by Crippen LogP contribution is -2.21. The van der Waals surface area contributed by atoms with Gasteiger partial charge in [-0.3, -0.25) is 4.79 Å². The number of ether oxygens (including phenoxy) is 1. The summed E-state index contributed by atoms with van der Waals surface area (Å²) in [5.41, 5.74) is 2.99. The van der Waals surface area contributed by atoms with E-state index in [-0.39, 0.29) is 11.7 Å². The maximum absolute atomic E-state index is 12.6. The molecule has 0 aliphatic heterocycles. The van der Waals surface area contributed by atoms with Gasteiger partial charge >= 0.3 is 0 Å². The van der Waals surface area contributed by atoms with E-state index in [4.69, 9.17) is 4.74 Å². The third kappa shape index (κ3) is 2.03. The van der Waals surface area contributed by atoms with Gasteiger partial charge in [0.25, 0.3) is 0 Å². The van der Waals surface area contributed by atoms with Gasteiger partial charge in [0.15, 0.2) is 5.78 Å². The van der Waals surface area contributed by atoms with Gasteiger partial charge in [-0.1, -0.05) is 42.5 Å². The molecule has 2 aromatic rings. The maximum Gasteiger partial charge on any atom is 0.170 e. The number of methoxy groups -OCH3 is 1. The fourth-order valence-electron chi connectivity index (χ4n) is 2.86. The molecule has 2 nitrogen and oxygen atoms in total. The van der Waals surface area contributed by atoms with Crippen molar-refractivity contribution in [2.45, 2.75) is 18.8 Å². The van der Waals surface area contributed by atoms with Gasteiger partial charge in [0, 0.05) is 17.0 Å². The summed E-state index contributed by atoms with van der Waals surface area (Å²) in [5.74, 6) is 1.03. The summed E-state index contributed by atoms with van der Waals surface area (Å²) in [4.78, 5) is 12.6. The molecule has 1 aliphatic carbocycles. The molecule has 0 saturated carbocycles. The zero-order valence-corrected chi connectivity index (χ0v) is 10.9. The minimum absolute atomic E-state index is 0.0131. The molecule has 2 heteroatoms. The van der Waals surface area contributed by atoms with Gasteiger partial charge in [-0.25, -0.2) is 0 Å². The van der Waals surface area contributed by atoms with Crippen molar-refractivity contribution >= 4 is 5.78 Å². The molecule has 96 valence electrons. The highest BCUT2D eigenvalue weighted by molar-refractivity contribution is 6.03. The molecular formula is C17H16O2. The van der Waals surface area contributed by atoms with Crippen LogP contribution < -0.4 is 4.74 Å². The Morgan fingerprint density at radius 2 is 1.84 bits per heavy atom. The highest BCUT2D eigenvalue weighted by Crippen LogP contribution is 2.36. The molecule has 0 fully saturated rings. The average Bonchev–Trinajstić information content (AvgIpc) is 2.48. The molecule has 1 aliphatic rings. The van der Waals surface area contributed by atoms with Crippen molar-refractivity contribution in [1.29, 1.82) is 0 Å². The van der Waals surface area contributed by atoms with Crippen LogP contribution in [0, 0.1) is 0 Å². The summed E-state index contributed by atoms with van der Waals surface area (Å²) in [6.07, 6.45) is 1.75. The first kappa shape index (κ1) is 12.0. The molecule has 0 amide bonds. The van der Waals surface area contributed by atoms with Gasteiger partial charge in [0.1, 0.15) is 5.75 Å². The first-order valence-electron chi connectivity index (χ1n) is 6.56. The van der Waals surface area contributed by atoms with E-state index in [2.05, 4.69) is 0 Å². The fourth-order valence-corrected chi connectivity index (χ4v) is 2.86. The van der Waals surface area contributed by atoms with Crippen LogP contribution in [0.15, 0.2) is 48.5 Å². The fraction of sp³-hybridized carbons (Fsp3) is 0.235. The van der Waals surface area contributed by atoms with Crippen molar-refractivity contribution in [3.63, 3.8) is 0 Å². The normalized spacial score (nSPS) is 17.9. The predicted octanol–water partition coefficient (Wildman–Crippen LogP) is 3.61. The Bertz CT molecular complexity index is 602. The minimum atomic E-state index is -0.0131. The van der Waals surface area contributed by atoms with Crippen LogP contribution >= 0.6 is 0 Å². The first-order valence-corrected chi connectivity index (χ1v) is 6.56. The second-order valence-corrected chi connectivity index (χ2v) is 4.85. The van der Waals surface area contributed by atoms with Gasteiger partial charge in [0.2, 0.25) is 0 Å². The molecule has 19 heavy (non-hydrogen) atoms. The molecular weight excluding hydrogens is 236 g/mol. The first-order chi connectivity index (χ1) is 9.31. The topological polar surface area (TPSA) is 26.3 Å². The lowest BCUT2D eigenvalue weighted by molar-refractivity contribution is 0.0945. The smallest absolute Gasteiger partial charge is 0.170 e. The number of hydrogen-bond donors (Lipinski definition) is 0. The molecule has 0 bridgehead atoms. The summed E-state index contributed by atoms with van der Waals surface area (Å²) in [7, 11) is 1.66. The van der Waals surface area contributed by atoms with Crippen LogP contribution in [0.1, 0.15) is 33.8 Å². The average molecular weight is 252 g/mol. The third-order valence-electron chi connectivity index (χ3n) is 3.82. The number of hydrogen-bond acceptors (Lipinski definition) is 2. The maximum atomic E-state index is 12.6. The Morgan fingerprint density at radius 3 is 2.58 bits per heavy atom. The Kier molecular flexibility index (Phi) is 3.08. The number of Topliss-reactive ketones (excluding diaryl/α,β-unsaturated/α-hetero) is 1. The second-order valence-electron chi connectivity index (χ2n) is 4.85. The summed E-state index contributed by atoms with van der Waals surface area (Å²) in [6, 6.07) is 15.8. The molecule has 0 spiro atoms. The second kappa shape index (κ2) is 4.88. The Hall–Kier alpha value is -2.09. The lowest BCUT2D eigenvalue weighted by atomic mass is 9.79. The van der Waals surface area contributed by atoms with Gasteiger partial charge in [-0.15, -0.1) is 0 Å². The number of carbonyl (C=O) groups excluding carboxylic acids is 1. The van der Waals surface area contributed by atoms with Crippen molar-refractivity contribution in [3.05, 3.63) is 65.2 Å². The molecule has 0 heterocycles. The van der Waals surface area contributed by atoms with Crippen LogP contribution in [-0.4, -0.2) is 12.9 Å². The highest BCUT2D eigenvalue weighted by Gasteiger charge is 2.29. The van der Waals surface area contributed by atoms with Crippen LogP contribution in [0.4, 0.5) is 0 Å². The summed E-state index contributed by atoms with van der Waals surface area (Å²) in [6.45, 7) is 0. The SMILES string of the molecule is COc1cccc2c1CC[C@H](c1ccccc1)C2=O. The van der Waals surface area contributed by atoms with Crippen molar-refractivity contribution < 1.29 is 9.53 Å². The lowest BCUT2D eigenvalue weighted by Gasteiger charge is -2.25. The van der Waals surface area contributed by atoms with Crippen LogP contribution in [0.3, 0.4) is 0 Å². The Labute approximate surface area is 113 Å². The molecule has 3 rings (SSSR count). The summed E-state index contributed by atoms with van der Waals surface area (Å²) >= 11 is 0. The molecule has 0 unspecified atom stereocenters. The monoisotopic (exact) mass is 252 g/mol. The number of ketones is 1.